The fourth-order valence-electron chi connectivity index (χ4n) is 2.23. The van der Waals surface area contributed by atoms with Gasteiger partial charge in [0.2, 0.25) is 0 Å². The van der Waals surface area contributed by atoms with Crippen LogP contribution in [0.3, 0.4) is 0 Å². The lowest BCUT2D eigenvalue weighted by atomic mass is 10.1. The van der Waals surface area contributed by atoms with Crippen molar-refractivity contribution in [1.29, 1.82) is 0 Å². The van der Waals surface area contributed by atoms with Gasteiger partial charge in [0.25, 0.3) is 11.8 Å². The van der Waals surface area contributed by atoms with Crippen LogP contribution in [-0.2, 0) is 0 Å². The van der Waals surface area contributed by atoms with Gasteiger partial charge in [0.05, 0.1) is 11.3 Å². The van der Waals surface area contributed by atoms with E-state index in [1.807, 2.05) is 18.2 Å². The molecular formula is C19H14ClN3O2. The summed E-state index contributed by atoms with van der Waals surface area (Å²) < 4.78 is 0. The summed E-state index contributed by atoms with van der Waals surface area (Å²) in [6.07, 6.45) is 3.06. The molecule has 1 aromatic heterocycles. The van der Waals surface area contributed by atoms with Crippen LogP contribution in [0.25, 0.3) is 0 Å². The van der Waals surface area contributed by atoms with Gasteiger partial charge in [0.15, 0.2) is 0 Å². The number of nitrogens with one attached hydrogen (secondary N) is 2. The molecule has 0 aliphatic rings. The number of anilines is 2. The molecule has 5 nitrogen and oxygen atoms in total. The fraction of sp³-hybridized carbons (Fsp3) is 0. The monoisotopic (exact) mass is 351 g/mol. The van der Waals surface area contributed by atoms with Crippen LogP contribution in [-0.4, -0.2) is 16.8 Å². The summed E-state index contributed by atoms with van der Waals surface area (Å²) in [5, 5.41) is 5.92. The van der Waals surface area contributed by atoms with E-state index in [2.05, 4.69) is 15.6 Å². The maximum absolute atomic E-state index is 12.6. The maximum atomic E-state index is 12.6. The lowest BCUT2D eigenvalue weighted by molar-refractivity contribution is 0.102. The number of carbonyl (C=O) groups is 2. The average Bonchev–Trinajstić information content (AvgIpc) is 2.64. The van der Waals surface area contributed by atoms with Crippen LogP contribution in [0.15, 0.2) is 73.1 Å². The summed E-state index contributed by atoms with van der Waals surface area (Å²) in [5.74, 6) is -0.697. The first-order chi connectivity index (χ1) is 12.1. The number of halogens is 1. The Balaban J connectivity index is 1.85. The van der Waals surface area contributed by atoms with Gasteiger partial charge in [-0.25, -0.2) is 0 Å². The lowest BCUT2D eigenvalue weighted by Gasteiger charge is -2.12. The van der Waals surface area contributed by atoms with E-state index in [4.69, 9.17) is 11.6 Å². The Hall–Kier alpha value is -3.18. The number of amides is 2. The van der Waals surface area contributed by atoms with Crippen molar-refractivity contribution in [2.24, 2.45) is 0 Å². The number of hydrogen-bond donors (Lipinski definition) is 2. The van der Waals surface area contributed by atoms with Crippen molar-refractivity contribution >= 4 is 34.8 Å². The third-order valence-electron chi connectivity index (χ3n) is 3.45. The lowest BCUT2D eigenvalue weighted by Crippen LogP contribution is -2.18. The van der Waals surface area contributed by atoms with Crippen molar-refractivity contribution in [3.8, 4) is 0 Å². The molecule has 0 unspecified atom stereocenters. The van der Waals surface area contributed by atoms with E-state index in [1.165, 1.54) is 18.5 Å². The Kier molecular flexibility index (Phi) is 5.06. The van der Waals surface area contributed by atoms with Crippen LogP contribution in [0, 0.1) is 0 Å². The summed E-state index contributed by atoms with van der Waals surface area (Å²) in [6.45, 7) is 0. The van der Waals surface area contributed by atoms with Gasteiger partial charge in [-0.2, -0.15) is 0 Å². The molecule has 124 valence electrons. The molecule has 0 aliphatic heterocycles. The molecule has 25 heavy (non-hydrogen) atoms. The van der Waals surface area contributed by atoms with Crippen LogP contribution in [0.5, 0.6) is 0 Å². The molecule has 3 rings (SSSR count). The summed E-state index contributed by atoms with van der Waals surface area (Å²) in [7, 11) is 0. The van der Waals surface area contributed by atoms with Gasteiger partial charge < -0.3 is 10.6 Å². The van der Waals surface area contributed by atoms with Crippen LogP contribution in [0.2, 0.25) is 5.02 Å². The molecule has 0 saturated carbocycles. The zero-order valence-corrected chi connectivity index (χ0v) is 13.8. The largest absolute Gasteiger partial charge is 0.322 e. The number of hydrogen-bond acceptors (Lipinski definition) is 3. The van der Waals surface area contributed by atoms with Gasteiger partial charge >= 0.3 is 0 Å². The number of carbonyl (C=O) groups excluding carboxylic acids is 2. The molecule has 2 N–H and O–H groups in total. The van der Waals surface area contributed by atoms with Crippen molar-refractivity contribution in [2.75, 3.05) is 10.6 Å². The standard InChI is InChI=1S/C19H14ClN3O2/c20-14-6-7-17(23-18(24)13-8-10-21-11-9-13)16(12-14)19(25)22-15-4-2-1-3-5-15/h1-12H,(H,22,25)(H,23,24). The van der Waals surface area contributed by atoms with Crippen molar-refractivity contribution in [3.63, 3.8) is 0 Å². The maximum Gasteiger partial charge on any atom is 0.257 e. The molecule has 2 amide bonds. The molecule has 0 atom stereocenters. The Bertz CT molecular complexity index is 899. The summed E-state index contributed by atoms with van der Waals surface area (Å²) in [4.78, 5) is 28.8. The zero-order chi connectivity index (χ0) is 17.6. The first kappa shape index (κ1) is 16.7. The second-order valence-corrected chi connectivity index (χ2v) is 5.64. The van der Waals surface area contributed by atoms with E-state index in [1.54, 1.807) is 36.4 Å². The second-order valence-electron chi connectivity index (χ2n) is 5.20. The highest BCUT2D eigenvalue weighted by molar-refractivity contribution is 6.31. The van der Waals surface area contributed by atoms with Crippen molar-refractivity contribution in [1.82, 2.24) is 4.98 Å². The number of aromatic nitrogens is 1. The van der Waals surface area contributed by atoms with Gasteiger partial charge in [-0.15, -0.1) is 0 Å². The van der Waals surface area contributed by atoms with Crippen molar-refractivity contribution in [2.45, 2.75) is 0 Å². The predicted molar refractivity (Wildman–Crippen MR) is 98.0 cm³/mol. The molecule has 0 aliphatic carbocycles. The van der Waals surface area contributed by atoms with E-state index in [0.717, 1.165) is 0 Å². The smallest absolute Gasteiger partial charge is 0.257 e. The molecule has 1 heterocycles. The van der Waals surface area contributed by atoms with Crippen LogP contribution >= 0.6 is 11.6 Å². The first-order valence-corrected chi connectivity index (χ1v) is 7.88. The number of pyridine rings is 1. The SMILES string of the molecule is O=C(Nc1ccc(Cl)cc1C(=O)Nc1ccccc1)c1ccncc1. The summed E-state index contributed by atoms with van der Waals surface area (Å²) in [5.41, 5.74) is 1.75. The molecule has 0 fully saturated rings. The summed E-state index contributed by atoms with van der Waals surface area (Å²) >= 11 is 6.02. The van der Waals surface area contributed by atoms with Gasteiger partial charge in [-0.1, -0.05) is 29.8 Å². The van der Waals surface area contributed by atoms with Crippen molar-refractivity contribution in [3.05, 3.63) is 89.2 Å². The molecule has 0 spiro atoms. The van der Waals surface area contributed by atoms with Gasteiger partial charge in [-0.05, 0) is 42.5 Å². The highest BCUT2D eigenvalue weighted by atomic mass is 35.5. The highest BCUT2D eigenvalue weighted by Crippen LogP contribution is 2.23. The molecule has 0 bridgehead atoms. The zero-order valence-electron chi connectivity index (χ0n) is 13.1. The fourth-order valence-corrected chi connectivity index (χ4v) is 2.40. The predicted octanol–water partition coefficient (Wildman–Crippen LogP) is 4.24. The normalized spacial score (nSPS) is 10.1. The second kappa shape index (κ2) is 7.59. The first-order valence-electron chi connectivity index (χ1n) is 7.51. The Morgan fingerprint density at radius 2 is 1.56 bits per heavy atom. The Morgan fingerprint density at radius 1 is 0.840 bits per heavy atom. The minimum absolute atomic E-state index is 0.277. The van der Waals surface area contributed by atoms with Crippen LogP contribution < -0.4 is 10.6 Å². The van der Waals surface area contributed by atoms with Crippen molar-refractivity contribution < 1.29 is 9.59 Å². The third kappa shape index (κ3) is 4.22. The van der Waals surface area contributed by atoms with E-state index < -0.39 is 0 Å². The van der Waals surface area contributed by atoms with E-state index >= 15 is 0 Å². The molecular weight excluding hydrogens is 338 g/mol. The van der Waals surface area contributed by atoms with Crippen LogP contribution in [0.4, 0.5) is 11.4 Å². The minimum atomic E-state index is -0.362. The minimum Gasteiger partial charge on any atom is -0.322 e. The van der Waals surface area contributed by atoms with E-state index in [0.29, 0.717) is 22.0 Å². The third-order valence-corrected chi connectivity index (χ3v) is 3.68. The van der Waals surface area contributed by atoms with E-state index in [9.17, 15) is 9.59 Å². The molecule has 0 radical (unpaired) electrons. The Morgan fingerprint density at radius 3 is 2.28 bits per heavy atom. The number of rotatable bonds is 4. The Labute approximate surface area is 149 Å². The number of benzene rings is 2. The quantitative estimate of drug-likeness (QED) is 0.738. The average molecular weight is 352 g/mol. The molecule has 6 heteroatoms. The number of para-hydroxylation sites is 1. The van der Waals surface area contributed by atoms with Crippen LogP contribution in [0.1, 0.15) is 20.7 Å². The molecule has 0 saturated heterocycles. The van der Waals surface area contributed by atoms with Gasteiger partial charge in [-0.3, -0.25) is 14.6 Å². The highest BCUT2D eigenvalue weighted by Gasteiger charge is 2.15. The number of nitrogens with zero attached hydrogens (tertiary/aromatic N) is 1. The summed E-state index contributed by atoms with van der Waals surface area (Å²) in [6, 6.07) is 17.0. The topological polar surface area (TPSA) is 71.1 Å². The molecule has 2 aromatic carbocycles. The molecule has 3 aromatic rings. The van der Waals surface area contributed by atoms with E-state index in [-0.39, 0.29) is 17.4 Å². The van der Waals surface area contributed by atoms with Gasteiger partial charge in [0.1, 0.15) is 0 Å². The van der Waals surface area contributed by atoms with Gasteiger partial charge in [0, 0.05) is 28.7 Å².